The molecular weight excluding hydrogens is 309 g/mol. The van der Waals surface area contributed by atoms with Crippen molar-refractivity contribution in [2.45, 2.75) is 30.5 Å². The van der Waals surface area contributed by atoms with Gasteiger partial charge in [-0.15, -0.1) is 10.2 Å². The summed E-state index contributed by atoms with van der Waals surface area (Å²) in [6, 6.07) is 6.48. The highest BCUT2D eigenvalue weighted by molar-refractivity contribution is 8.01. The van der Waals surface area contributed by atoms with E-state index in [-0.39, 0.29) is 18.1 Å². The van der Waals surface area contributed by atoms with Crippen LogP contribution in [-0.4, -0.2) is 21.9 Å². The summed E-state index contributed by atoms with van der Waals surface area (Å²) in [5.74, 6) is 0.525. The molecule has 2 rings (SSSR count). The molecule has 0 saturated heterocycles. The van der Waals surface area contributed by atoms with E-state index in [1.807, 2.05) is 0 Å². The number of benzene rings is 1. The Morgan fingerprint density at radius 3 is 2.95 bits per heavy atom. The lowest BCUT2D eigenvalue weighted by molar-refractivity contribution is -0.116. The van der Waals surface area contributed by atoms with E-state index in [0.29, 0.717) is 17.1 Å². The van der Waals surface area contributed by atoms with E-state index < -0.39 is 0 Å². The number of rotatable bonds is 7. The van der Waals surface area contributed by atoms with Gasteiger partial charge in [0.25, 0.3) is 0 Å². The molecule has 1 N–H and O–H groups in total. The van der Waals surface area contributed by atoms with Crippen molar-refractivity contribution in [3.63, 3.8) is 0 Å². The van der Waals surface area contributed by atoms with Gasteiger partial charge in [0, 0.05) is 12.2 Å². The first-order chi connectivity index (χ1) is 10.2. The van der Waals surface area contributed by atoms with Gasteiger partial charge in [-0.1, -0.05) is 48.2 Å². The molecule has 7 heteroatoms. The second-order valence-corrected chi connectivity index (χ2v) is 6.68. The van der Waals surface area contributed by atoms with Crippen LogP contribution in [0.4, 0.5) is 9.52 Å². The van der Waals surface area contributed by atoms with Crippen LogP contribution in [0.5, 0.6) is 0 Å². The highest BCUT2D eigenvalue weighted by Crippen LogP contribution is 2.25. The van der Waals surface area contributed by atoms with Gasteiger partial charge in [-0.3, -0.25) is 4.79 Å². The maximum atomic E-state index is 13.4. The van der Waals surface area contributed by atoms with E-state index in [1.165, 1.54) is 17.4 Å². The van der Waals surface area contributed by atoms with E-state index in [1.54, 1.807) is 30.0 Å². The van der Waals surface area contributed by atoms with Crippen LogP contribution in [0.25, 0.3) is 0 Å². The lowest BCUT2D eigenvalue weighted by Gasteiger charge is -2.02. The van der Waals surface area contributed by atoms with Crippen LogP contribution in [0.2, 0.25) is 0 Å². The predicted molar refractivity (Wildman–Crippen MR) is 84.3 cm³/mol. The minimum absolute atomic E-state index is 0.179. The molecule has 1 amide bonds. The number of nitrogens with zero attached hydrogens (tertiary/aromatic N) is 2. The first-order valence-electron chi connectivity index (χ1n) is 6.68. The number of carbonyl (C=O) groups excluding carboxylic acids is 1. The topological polar surface area (TPSA) is 54.9 Å². The molecule has 1 aromatic heterocycles. The lowest BCUT2D eigenvalue weighted by atomic mass is 10.1. The molecule has 2 aromatic rings. The summed E-state index contributed by atoms with van der Waals surface area (Å²) in [6.45, 7) is 2.10. The van der Waals surface area contributed by atoms with Crippen molar-refractivity contribution in [1.29, 1.82) is 0 Å². The Bertz CT molecular complexity index is 603. The van der Waals surface area contributed by atoms with Gasteiger partial charge in [0.15, 0.2) is 4.34 Å². The number of amides is 1. The number of hydrogen-bond donors (Lipinski definition) is 1. The average Bonchev–Trinajstić information content (AvgIpc) is 2.91. The quantitative estimate of drug-likeness (QED) is 0.622. The molecule has 1 heterocycles. The summed E-state index contributed by atoms with van der Waals surface area (Å²) >= 11 is 2.99. The lowest BCUT2D eigenvalue weighted by Crippen LogP contribution is -2.12. The Kier molecular flexibility index (Phi) is 6.13. The molecule has 0 spiro atoms. The Balaban J connectivity index is 1.82. The third-order valence-electron chi connectivity index (χ3n) is 2.66. The third-order valence-corrected chi connectivity index (χ3v) is 4.84. The molecule has 0 aliphatic carbocycles. The van der Waals surface area contributed by atoms with Crippen molar-refractivity contribution in [2.75, 3.05) is 11.1 Å². The van der Waals surface area contributed by atoms with Gasteiger partial charge < -0.3 is 5.32 Å². The highest BCUT2D eigenvalue weighted by Gasteiger charge is 2.09. The summed E-state index contributed by atoms with van der Waals surface area (Å²) in [4.78, 5) is 11.8. The number of aromatic nitrogens is 2. The monoisotopic (exact) mass is 325 g/mol. The van der Waals surface area contributed by atoms with Gasteiger partial charge in [0.05, 0.1) is 0 Å². The fourth-order valence-electron chi connectivity index (χ4n) is 1.64. The molecule has 4 nitrogen and oxygen atoms in total. The summed E-state index contributed by atoms with van der Waals surface area (Å²) in [5, 5.41) is 11.1. The van der Waals surface area contributed by atoms with Crippen molar-refractivity contribution in [3.05, 3.63) is 35.6 Å². The van der Waals surface area contributed by atoms with Gasteiger partial charge in [0.1, 0.15) is 5.82 Å². The molecule has 21 heavy (non-hydrogen) atoms. The predicted octanol–water partition coefficient (Wildman–Crippen LogP) is 3.75. The van der Waals surface area contributed by atoms with E-state index in [0.717, 1.165) is 16.5 Å². The van der Waals surface area contributed by atoms with Crippen molar-refractivity contribution in [3.8, 4) is 0 Å². The van der Waals surface area contributed by atoms with Crippen LogP contribution >= 0.6 is 23.1 Å². The molecule has 0 atom stereocenters. The number of hydrogen-bond acceptors (Lipinski definition) is 5. The molecule has 0 aliphatic heterocycles. The smallest absolute Gasteiger partial charge is 0.226 e. The summed E-state index contributed by atoms with van der Waals surface area (Å²) in [6.07, 6.45) is 1.65. The maximum absolute atomic E-state index is 13.4. The van der Waals surface area contributed by atoms with Crippen LogP contribution in [0.1, 0.15) is 25.3 Å². The van der Waals surface area contributed by atoms with E-state index in [4.69, 9.17) is 0 Å². The molecule has 0 bridgehead atoms. The van der Waals surface area contributed by atoms with E-state index >= 15 is 0 Å². The Morgan fingerprint density at radius 1 is 1.38 bits per heavy atom. The molecule has 1 aromatic carbocycles. The number of anilines is 1. The number of halogens is 1. The normalized spacial score (nSPS) is 10.6. The van der Waals surface area contributed by atoms with Gasteiger partial charge in [-0.2, -0.15) is 0 Å². The molecule has 0 unspecified atom stereocenters. The average molecular weight is 325 g/mol. The van der Waals surface area contributed by atoms with Crippen molar-refractivity contribution in [2.24, 2.45) is 0 Å². The number of carbonyl (C=O) groups is 1. The zero-order chi connectivity index (χ0) is 15.1. The van der Waals surface area contributed by atoms with E-state index in [9.17, 15) is 9.18 Å². The zero-order valence-corrected chi connectivity index (χ0v) is 13.3. The third kappa shape index (κ3) is 5.09. The van der Waals surface area contributed by atoms with Gasteiger partial charge >= 0.3 is 0 Å². The second kappa shape index (κ2) is 8.09. The standard InChI is InChI=1S/C14H16FN3OS2/c1-2-9-20-14-18-17-13(21-14)16-12(19)8-7-10-5-3-4-6-11(10)15/h3-6H,2,7-9H2,1H3,(H,16,17,19). The minimum Gasteiger partial charge on any atom is -0.300 e. The summed E-state index contributed by atoms with van der Waals surface area (Å²) in [7, 11) is 0. The molecule has 0 saturated carbocycles. The van der Waals surface area contributed by atoms with Gasteiger partial charge in [-0.25, -0.2) is 4.39 Å². The number of thioether (sulfide) groups is 1. The van der Waals surface area contributed by atoms with Gasteiger partial charge in [-0.05, 0) is 24.5 Å². The first kappa shape index (κ1) is 15.9. The van der Waals surface area contributed by atoms with Gasteiger partial charge in [0.2, 0.25) is 11.0 Å². The minimum atomic E-state index is -0.278. The fourth-order valence-corrected chi connectivity index (χ4v) is 3.33. The van der Waals surface area contributed by atoms with Crippen LogP contribution < -0.4 is 5.32 Å². The highest BCUT2D eigenvalue weighted by atomic mass is 32.2. The fraction of sp³-hybridized carbons (Fsp3) is 0.357. The summed E-state index contributed by atoms with van der Waals surface area (Å²) < 4.78 is 14.3. The molecular formula is C14H16FN3OS2. The molecule has 0 aliphatic rings. The number of aryl methyl sites for hydroxylation is 1. The zero-order valence-electron chi connectivity index (χ0n) is 11.6. The second-order valence-electron chi connectivity index (χ2n) is 4.36. The SMILES string of the molecule is CCCSc1nnc(NC(=O)CCc2ccccc2F)s1. The molecule has 112 valence electrons. The largest absolute Gasteiger partial charge is 0.300 e. The molecule has 0 fully saturated rings. The Morgan fingerprint density at radius 2 is 2.19 bits per heavy atom. The molecule has 0 radical (unpaired) electrons. The first-order valence-corrected chi connectivity index (χ1v) is 8.49. The van der Waals surface area contributed by atoms with Crippen molar-refractivity contribution in [1.82, 2.24) is 10.2 Å². The van der Waals surface area contributed by atoms with Crippen LogP contribution in [-0.2, 0) is 11.2 Å². The van der Waals surface area contributed by atoms with Crippen LogP contribution in [0, 0.1) is 5.82 Å². The Hall–Kier alpha value is -1.47. The van der Waals surface area contributed by atoms with Crippen molar-refractivity contribution >= 4 is 34.1 Å². The van der Waals surface area contributed by atoms with Crippen molar-refractivity contribution < 1.29 is 9.18 Å². The number of nitrogens with one attached hydrogen (secondary N) is 1. The maximum Gasteiger partial charge on any atom is 0.226 e. The van der Waals surface area contributed by atoms with Crippen LogP contribution in [0.15, 0.2) is 28.6 Å². The van der Waals surface area contributed by atoms with Crippen LogP contribution in [0.3, 0.4) is 0 Å². The Labute approximate surface area is 131 Å². The summed E-state index contributed by atoms with van der Waals surface area (Å²) in [5.41, 5.74) is 0.545. The van der Waals surface area contributed by atoms with E-state index in [2.05, 4.69) is 22.4 Å².